The van der Waals surface area contributed by atoms with Crippen LogP contribution in [0.2, 0.25) is 0 Å². The Bertz CT molecular complexity index is 955. The maximum atomic E-state index is 13.5. The monoisotopic (exact) mass is 419 g/mol. The standard InChI is InChI=1S/C23H33NO6/c1-8-10-11-30-20-15-12-17(27-6)18(28-7)13-16(15)21(25)24(14-23(3,4)5)19(20)22(26)29-9-2/h12-13H,8-11,14H2,1-7H3. The van der Waals surface area contributed by atoms with Gasteiger partial charge >= 0.3 is 5.97 Å². The molecule has 166 valence electrons. The molecule has 0 spiro atoms. The van der Waals surface area contributed by atoms with Crippen LogP contribution in [0.3, 0.4) is 0 Å². The Balaban J connectivity index is 2.95. The van der Waals surface area contributed by atoms with Crippen molar-refractivity contribution >= 4 is 16.7 Å². The number of carbonyl (C=O) groups excluding carboxylic acids is 1. The molecule has 0 aliphatic rings. The van der Waals surface area contributed by atoms with Crippen molar-refractivity contribution in [2.24, 2.45) is 5.41 Å². The number of methoxy groups -OCH3 is 2. The van der Waals surface area contributed by atoms with Gasteiger partial charge in [0.15, 0.2) is 22.9 Å². The van der Waals surface area contributed by atoms with Crippen molar-refractivity contribution in [3.63, 3.8) is 0 Å². The zero-order chi connectivity index (χ0) is 22.5. The van der Waals surface area contributed by atoms with E-state index < -0.39 is 5.97 Å². The van der Waals surface area contributed by atoms with Crippen molar-refractivity contribution in [1.82, 2.24) is 4.57 Å². The molecule has 30 heavy (non-hydrogen) atoms. The Labute approximate surface area is 177 Å². The fourth-order valence-electron chi connectivity index (χ4n) is 3.23. The Morgan fingerprint density at radius 1 is 1.03 bits per heavy atom. The van der Waals surface area contributed by atoms with Crippen LogP contribution in [0.15, 0.2) is 16.9 Å². The van der Waals surface area contributed by atoms with E-state index in [0.717, 1.165) is 12.8 Å². The average Bonchev–Trinajstić information content (AvgIpc) is 2.69. The van der Waals surface area contributed by atoms with Gasteiger partial charge in [0.2, 0.25) is 0 Å². The second-order valence-electron chi connectivity index (χ2n) is 8.30. The molecule has 0 aliphatic heterocycles. The number of aromatic nitrogens is 1. The van der Waals surface area contributed by atoms with Crippen molar-refractivity contribution in [3.05, 3.63) is 28.2 Å². The molecule has 7 nitrogen and oxygen atoms in total. The molecule has 1 aromatic carbocycles. The summed E-state index contributed by atoms with van der Waals surface area (Å²) in [5.74, 6) is 0.643. The third-order valence-electron chi connectivity index (χ3n) is 4.57. The van der Waals surface area contributed by atoms with Crippen molar-refractivity contribution in [2.75, 3.05) is 27.4 Å². The van der Waals surface area contributed by atoms with Crippen molar-refractivity contribution in [2.45, 2.75) is 54.0 Å². The van der Waals surface area contributed by atoms with E-state index in [4.69, 9.17) is 18.9 Å². The molecule has 0 aliphatic carbocycles. The Hall–Kier alpha value is -2.70. The second kappa shape index (κ2) is 9.87. The summed E-state index contributed by atoms with van der Waals surface area (Å²) in [4.78, 5) is 26.4. The van der Waals surface area contributed by atoms with E-state index in [1.165, 1.54) is 18.8 Å². The van der Waals surface area contributed by atoms with Crippen LogP contribution < -0.4 is 19.8 Å². The SMILES string of the molecule is CCCCOc1c(C(=O)OCC)n(CC(C)(C)C)c(=O)c2cc(OC)c(OC)cc12. The van der Waals surface area contributed by atoms with Gasteiger partial charge in [-0.2, -0.15) is 0 Å². The number of hydrogen-bond donors (Lipinski definition) is 0. The number of hydrogen-bond acceptors (Lipinski definition) is 6. The fraction of sp³-hybridized carbons (Fsp3) is 0.565. The number of unbranched alkanes of at least 4 members (excludes halogenated alkanes) is 1. The minimum atomic E-state index is -0.581. The summed E-state index contributed by atoms with van der Waals surface area (Å²) in [7, 11) is 3.04. The van der Waals surface area contributed by atoms with E-state index in [2.05, 4.69) is 6.92 Å². The Morgan fingerprint density at radius 3 is 2.13 bits per heavy atom. The molecule has 2 aromatic rings. The smallest absolute Gasteiger partial charge is 0.358 e. The van der Waals surface area contributed by atoms with Crippen LogP contribution in [-0.4, -0.2) is 38.0 Å². The number of esters is 1. The van der Waals surface area contributed by atoms with Crippen molar-refractivity contribution < 1.29 is 23.7 Å². The molecule has 0 bridgehead atoms. The van der Waals surface area contributed by atoms with Gasteiger partial charge in [-0.1, -0.05) is 34.1 Å². The first-order valence-electron chi connectivity index (χ1n) is 10.3. The predicted molar refractivity (Wildman–Crippen MR) is 117 cm³/mol. The van der Waals surface area contributed by atoms with Gasteiger partial charge < -0.3 is 18.9 Å². The van der Waals surface area contributed by atoms with Crippen LogP contribution >= 0.6 is 0 Å². The molecule has 0 fully saturated rings. The van der Waals surface area contributed by atoms with Gasteiger partial charge in [0, 0.05) is 11.9 Å². The number of ether oxygens (including phenoxy) is 4. The van der Waals surface area contributed by atoms with E-state index in [-0.39, 0.29) is 23.3 Å². The summed E-state index contributed by atoms with van der Waals surface area (Å²) in [5, 5.41) is 0.901. The summed E-state index contributed by atoms with van der Waals surface area (Å²) in [6.07, 6.45) is 1.75. The van der Waals surface area contributed by atoms with Crippen LogP contribution in [-0.2, 0) is 11.3 Å². The molecule has 1 heterocycles. The van der Waals surface area contributed by atoms with Crippen molar-refractivity contribution in [1.29, 1.82) is 0 Å². The number of carbonyl (C=O) groups is 1. The largest absolute Gasteiger partial charge is 0.493 e. The topological polar surface area (TPSA) is 76.0 Å². The highest BCUT2D eigenvalue weighted by Gasteiger charge is 2.28. The summed E-state index contributed by atoms with van der Waals surface area (Å²) < 4.78 is 23.7. The first kappa shape index (κ1) is 23.6. The molecule has 1 aromatic heterocycles. The maximum absolute atomic E-state index is 13.5. The number of rotatable bonds is 9. The summed E-state index contributed by atoms with van der Waals surface area (Å²) in [6.45, 7) is 10.7. The first-order chi connectivity index (χ1) is 14.2. The summed E-state index contributed by atoms with van der Waals surface area (Å²) in [6, 6.07) is 3.32. The third-order valence-corrected chi connectivity index (χ3v) is 4.57. The Kier molecular flexibility index (Phi) is 7.76. The number of pyridine rings is 1. The van der Waals surface area contributed by atoms with E-state index >= 15 is 0 Å². The van der Waals surface area contributed by atoms with Gasteiger partial charge in [-0.3, -0.25) is 9.36 Å². The maximum Gasteiger partial charge on any atom is 0.358 e. The molecular formula is C23H33NO6. The molecule has 0 saturated carbocycles. The summed E-state index contributed by atoms with van der Waals surface area (Å²) >= 11 is 0. The molecule has 0 unspecified atom stereocenters. The normalized spacial score (nSPS) is 11.4. The highest BCUT2D eigenvalue weighted by molar-refractivity contribution is 6.00. The van der Waals surface area contributed by atoms with Crippen molar-refractivity contribution in [3.8, 4) is 17.2 Å². The van der Waals surface area contributed by atoms with Gasteiger partial charge in [0.1, 0.15) is 0 Å². The van der Waals surface area contributed by atoms with Crippen LogP contribution in [0, 0.1) is 5.41 Å². The third kappa shape index (κ3) is 5.07. The quantitative estimate of drug-likeness (QED) is 0.442. The van der Waals surface area contributed by atoms with E-state index in [1.807, 2.05) is 20.8 Å². The van der Waals surface area contributed by atoms with Crippen LogP contribution in [0.1, 0.15) is 57.9 Å². The molecule has 0 N–H and O–H groups in total. The Morgan fingerprint density at radius 2 is 1.63 bits per heavy atom. The van der Waals surface area contributed by atoms with Crippen LogP contribution in [0.5, 0.6) is 17.2 Å². The second-order valence-corrected chi connectivity index (χ2v) is 8.30. The molecular weight excluding hydrogens is 386 g/mol. The zero-order valence-electron chi connectivity index (χ0n) is 19.1. The number of benzene rings is 1. The van der Waals surface area contributed by atoms with Gasteiger partial charge in [0.25, 0.3) is 5.56 Å². The number of fused-ring (bicyclic) bond motifs is 1. The lowest BCUT2D eigenvalue weighted by molar-refractivity contribution is 0.0504. The van der Waals surface area contributed by atoms with E-state index in [1.54, 1.807) is 19.1 Å². The highest BCUT2D eigenvalue weighted by atomic mass is 16.5. The zero-order valence-corrected chi connectivity index (χ0v) is 19.1. The number of nitrogens with zero attached hydrogens (tertiary/aromatic N) is 1. The van der Waals surface area contributed by atoms with Crippen LogP contribution in [0.4, 0.5) is 0 Å². The minimum absolute atomic E-state index is 0.132. The molecule has 0 atom stereocenters. The summed E-state index contributed by atoms with van der Waals surface area (Å²) in [5.41, 5.74) is -0.421. The lowest BCUT2D eigenvalue weighted by atomic mass is 9.96. The minimum Gasteiger partial charge on any atom is -0.493 e. The first-order valence-corrected chi connectivity index (χ1v) is 10.3. The van der Waals surface area contributed by atoms with E-state index in [9.17, 15) is 9.59 Å². The lowest BCUT2D eigenvalue weighted by Gasteiger charge is -2.25. The molecule has 2 rings (SSSR count). The molecule has 0 radical (unpaired) electrons. The van der Waals surface area contributed by atoms with Gasteiger partial charge in [-0.05, 0) is 30.9 Å². The molecule has 0 saturated heterocycles. The lowest BCUT2D eigenvalue weighted by Crippen LogP contribution is -2.32. The predicted octanol–water partition coefficient (Wildman–Crippen LogP) is 4.42. The average molecular weight is 420 g/mol. The van der Waals surface area contributed by atoms with Gasteiger partial charge in [0.05, 0.1) is 32.8 Å². The van der Waals surface area contributed by atoms with Gasteiger partial charge in [-0.15, -0.1) is 0 Å². The van der Waals surface area contributed by atoms with Gasteiger partial charge in [-0.25, -0.2) is 4.79 Å². The van der Waals surface area contributed by atoms with Crippen LogP contribution in [0.25, 0.3) is 10.8 Å². The highest BCUT2D eigenvalue weighted by Crippen LogP contribution is 2.37. The fourth-order valence-corrected chi connectivity index (χ4v) is 3.23. The molecule has 7 heteroatoms. The van der Waals surface area contributed by atoms with E-state index in [0.29, 0.717) is 41.2 Å². The molecule has 0 amide bonds.